The minimum Gasteiger partial charge on any atom is -0.512 e. The summed E-state index contributed by atoms with van der Waals surface area (Å²) in [6.45, 7) is 1.88. The van der Waals surface area contributed by atoms with Gasteiger partial charge in [0.05, 0.1) is 18.0 Å². The molecule has 212 valence electrons. The van der Waals surface area contributed by atoms with E-state index in [0.29, 0.717) is 28.0 Å². The number of benzene rings is 1. The maximum Gasteiger partial charge on any atom is 0.459 e. The monoisotopic (exact) mass is 575 g/mol. The summed E-state index contributed by atoms with van der Waals surface area (Å²) >= 11 is 0. The molecule has 0 saturated carbocycles. The molecule has 1 aromatic carbocycles. The summed E-state index contributed by atoms with van der Waals surface area (Å²) in [6.07, 6.45) is -7.41. The van der Waals surface area contributed by atoms with Crippen LogP contribution in [0.25, 0.3) is 0 Å². The molecule has 9 nitrogen and oxygen atoms in total. The van der Waals surface area contributed by atoms with E-state index in [9.17, 15) is 46.0 Å². The molecule has 0 fully saturated rings. The first kappa shape index (κ1) is 29.7. The van der Waals surface area contributed by atoms with E-state index in [1.165, 1.54) is 19.1 Å². The molecular weight excluding hydrogens is 557 g/mol. The summed E-state index contributed by atoms with van der Waals surface area (Å²) in [7, 11) is 0. The van der Waals surface area contributed by atoms with Crippen molar-refractivity contribution in [3.8, 4) is 23.3 Å². The van der Waals surface area contributed by atoms with E-state index >= 15 is 0 Å². The van der Waals surface area contributed by atoms with Crippen LogP contribution in [0.4, 0.5) is 30.7 Å². The molecule has 0 bridgehead atoms. The second kappa shape index (κ2) is 11.1. The first-order valence-corrected chi connectivity index (χ1v) is 10.9. The van der Waals surface area contributed by atoms with E-state index in [1.54, 1.807) is 6.07 Å². The topological polar surface area (TPSA) is 121 Å². The molecule has 2 aromatic heterocycles. The molecule has 0 radical (unpaired) electrons. The summed E-state index contributed by atoms with van der Waals surface area (Å²) in [6, 6.07) is 5.41. The molecule has 3 aromatic rings. The predicted molar refractivity (Wildman–Crippen MR) is 119 cm³/mol. The Morgan fingerprint density at radius 2 is 1.93 bits per heavy atom. The maximum absolute atomic E-state index is 14.4. The highest BCUT2D eigenvalue weighted by Crippen LogP contribution is 2.46. The minimum atomic E-state index is -6.22. The van der Waals surface area contributed by atoms with Gasteiger partial charge in [-0.15, -0.1) is 0 Å². The van der Waals surface area contributed by atoms with Crippen LogP contribution in [0.3, 0.4) is 0 Å². The van der Waals surface area contributed by atoms with E-state index in [2.05, 4.69) is 4.98 Å². The molecule has 2 N–H and O–H groups in total. The number of aromatic nitrogens is 3. The summed E-state index contributed by atoms with van der Waals surface area (Å²) in [5.41, 5.74) is -5.30. The third-order valence-electron chi connectivity index (χ3n) is 5.39. The summed E-state index contributed by atoms with van der Waals surface area (Å²) < 4.78 is 106. The molecule has 3 rings (SSSR count). The largest absolute Gasteiger partial charge is 0.512 e. The van der Waals surface area contributed by atoms with E-state index < -0.39 is 58.9 Å². The molecule has 0 saturated heterocycles. The number of nitriles is 1. The van der Waals surface area contributed by atoms with Crippen LogP contribution in [0.15, 0.2) is 53.6 Å². The smallest absolute Gasteiger partial charge is 0.459 e. The molecule has 0 unspecified atom stereocenters. The maximum atomic E-state index is 14.4. The Bertz CT molecular complexity index is 1560. The van der Waals surface area contributed by atoms with Gasteiger partial charge in [0, 0.05) is 21.9 Å². The number of rotatable bonds is 8. The standard InChI is InChI=1S/C24H17F7N4O5/c1-12(10-36)39-17-4-3-16(35(38)9-17)8-34-11-33-20(23(27,28)24(29,30)31)19(22(34)37)40-18-6-14(21(25)26)5-15(7-32)13(18)2/h3-6,9-11,21H,8H2,1-2H3,(H-,36,38)/p+1/b12-10+. The van der Waals surface area contributed by atoms with Crippen LogP contribution >= 0.6 is 0 Å². The molecule has 0 amide bonds. The molecule has 0 atom stereocenters. The highest BCUT2D eigenvalue weighted by Gasteiger charge is 2.62. The quantitative estimate of drug-likeness (QED) is 0.164. The van der Waals surface area contributed by atoms with Gasteiger partial charge in [0.1, 0.15) is 24.3 Å². The molecule has 16 heteroatoms. The Hall–Kier alpha value is -4.81. The van der Waals surface area contributed by atoms with Gasteiger partial charge < -0.3 is 14.6 Å². The number of alkyl halides is 7. The zero-order valence-electron chi connectivity index (χ0n) is 20.4. The van der Waals surface area contributed by atoms with Crippen molar-refractivity contribution in [2.45, 2.75) is 38.9 Å². The van der Waals surface area contributed by atoms with Crippen LogP contribution in [0, 0.1) is 18.3 Å². The Morgan fingerprint density at radius 3 is 2.48 bits per heavy atom. The number of allylic oxidation sites excluding steroid dienone is 1. The van der Waals surface area contributed by atoms with Gasteiger partial charge in [0.2, 0.25) is 5.75 Å². The van der Waals surface area contributed by atoms with Crippen LogP contribution in [-0.4, -0.2) is 26.0 Å². The van der Waals surface area contributed by atoms with Crippen molar-refractivity contribution in [3.63, 3.8) is 0 Å². The molecule has 40 heavy (non-hydrogen) atoms. The fraction of sp³-hybridized carbons (Fsp3) is 0.250. The lowest BCUT2D eigenvalue weighted by Crippen LogP contribution is -2.39. The Morgan fingerprint density at radius 1 is 1.25 bits per heavy atom. The average Bonchev–Trinajstić information content (AvgIpc) is 2.87. The third kappa shape index (κ3) is 5.92. The lowest BCUT2D eigenvalue weighted by atomic mass is 10.0. The number of aliphatic hydroxyl groups is 1. The minimum absolute atomic E-state index is 0.0198. The molecule has 0 aliphatic rings. The van der Waals surface area contributed by atoms with Gasteiger partial charge in [-0.25, -0.2) is 13.8 Å². The van der Waals surface area contributed by atoms with Crippen LogP contribution in [0.2, 0.25) is 0 Å². The van der Waals surface area contributed by atoms with E-state index in [-0.39, 0.29) is 22.8 Å². The zero-order valence-corrected chi connectivity index (χ0v) is 20.4. The number of hydrogen-bond donors (Lipinski definition) is 2. The van der Waals surface area contributed by atoms with Crippen molar-refractivity contribution in [3.05, 3.63) is 87.2 Å². The highest BCUT2D eigenvalue weighted by molar-refractivity contribution is 5.51. The summed E-state index contributed by atoms with van der Waals surface area (Å²) in [4.78, 5) is 16.3. The second-order valence-electron chi connectivity index (χ2n) is 8.18. The molecule has 0 aliphatic heterocycles. The SMILES string of the molecule is C/C(=C\O)Oc1ccc(Cn2cnc(C(F)(F)C(F)(F)F)c(Oc3cc(C(F)F)cc(C#N)c3C)c2=O)[n+](O)c1. The van der Waals surface area contributed by atoms with Crippen molar-refractivity contribution in [1.82, 2.24) is 9.55 Å². The summed E-state index contributed by atoms with van der Waals surface area (Å²) in [5, 5.41) is 28.4. The predicted octanol–water partition coefficient (Wildman–Crippen LogP) is 5.18. The Kier molecular flexibility index (Phi) is 8.27. The van der Waals surface area contributed by atoms with Crippen molar-refractivity contribution in [2.75, 3.05) is 0 Å². The van der Waals surface area contributed by atoms with Gasteiger partial charge in [0.15, 0.2) is 11.4 Å². The van der Waals surface area contributed by atoms with Crippen LogP contribution in [-0.2, 0) is 12.5 Å². The second-order valence-corrected chi connectivity index (χ2v) is 8.18. The van der Waals surface area contributed by atoms with Gasteiger partial charge in [-0.3, -0.25) is 14.6 Å². The Balaban J connectivity index is 2.17. The number of pyridine rings is 1. The van der Waals surface area contributed by atoms with E-state index in [4.69, 9.17) is 14.6 Å². The number of nitrogens with zero attached hydrogens (tertiary/aromatic N) is 4. The molecular formula is C24H18F7N4O5+. The lowest BCUT2D eigenvalue weighted by molar-refractivity contribution is -0.909. The third-order valence-corrected chi connectivity index (χ3v) is 5.39. The first-order chi connectivity index (χ1) is 18.6. The fourth-order valence-electron chi connectivity index (χ4n) is 3.27. The molecule has 0 spiro atoms. The van der Waals surface area contributed by atoms with Crippen molar-refractivity contribution in [2.24, 2.45) is 0 Å². The van der Waals surface area contributed by atoms with E-state index in [1.807, 2.05) is 0 Å². The number of hydrogen-bond acceptors (Lipinski definition) is 7. The number of halogens is 7. The van der Waals surface area contributed by atoms with Crippen molar-refractivity contribution < 1.29 is 55.3 Å². The average molecular weight is 575 g/mol. The zero-order chi connectivity index (χ0) is 30.0. The van der Waals surface area contributed by atoms with Crippen LogP contribution < -0.4 is 19.8 Å². The van der Waals surface area contributed by atoms with Gasteiger partial charge >= 0.3 is 12.1 Å². The van der Waals surface area contributed by atoms with Crippen LogP contribution in [0.5, 0.6) is 17.2 Å². The molecule has 2 heterocycles. The van der Waals surface area contributed by atoms with Crippen molar-refractivity contribution >= 4 is 0 Å². The first-order valence-electron chi connectivity index (χ1n) is 10.9. The van der Waals surface area contributed by atoms with E-state index in [0.717, 1.165) is 19.2 Å². The van der Waals surface area contributed by atoms with Gasteiger partial charge in [0.25, 0.3) is 23.9 Å². The number of ether oxygens (including phenoxy) is 2. The summed E-state index contributed by atoms with van der Waals surface area (Å²) in [5.74, 6) is -8.04. The van der Waals surface area contributed by atoms with Gasteiger partial charge in [-0.05, 0) is 32.0 Å². The van der Waals surface area contributed by atoms with Gasteiger partial charge in [-0.1, -0.05) is 0 Å². The fourth-order valence-corrected chi connectivity index (χ4v) is 3.27. The van der Waals surface area contributed by atoms with Crippen LogP contribution in [0.1, 0.15) is 41.4 Å². The molecule has 0 aliphatic carbocycles. The lowest BCUT2D eigenvalue weighted by Gasteiger charge is -2.22. The highest BCUT2D eigenvalue weighted by atomic mass is 19.4. The van der Waals surface area contributed by atoms with Gasteiger partial charge in [-0.2, -0.15) is 27.2 Å². The number of aliphatic hydroxyl groups excluding tert-OH is 1. The normalized spacial score (nSPS) is 12.4. The van der Waals surface area contributed by atoms with Crippen molar-refractivity contribution in [1.29, 1.82) is 5.26 Å². The Labute approximate surface area is 220 Å².